The number of amides is 2. The Morgan fingerprint density at radius 1 is 0.964 bits per heavy atom. The molecule has 0 unspecified atom stereocenters. The highest BCUT2D eigenvalue weighted by atomic mass is 35.5. The lowest BCUT2D eigenvalue weighted by atomic mass is 10.1. The largest absolute Gasteiger partial charge is 0.348 e. The number of halogens is 1. The number of benzene rings is 2. The van der Waals surface area contributed by atoms with Crippen LogP contribution in [0.1, 0.15) is 37.5 Å². The van der Waals surface area contributed by atoms with E-state index >= 15 is 0 Å². The standard InChI is InChI=1S/C22H20ClN3O2/c1-14-5-3-4-6-17(14)13-25-21(27)16-9-10-24-20(12-16)22(28)26-19-8-7-18(23)11-15(19)2/h3-12H,13H2,1-2H3,(H,25,27)(H,26,28). The van der Waals surface area contributed by atoms with Crippen LogP contribution in [0.4, 0.5) is 5.69 Å². The highest BCUT2D eigenvalue weighted by molar-refractivity contribution is 6.30. The van der Waals surface area contributed by atoms with E-state index in [0.29, 0.717) is 22.8 Å². The third-order valence-electron chi connectivity index (χ3n) is 4.39. The Labute approximate surface area is 168 Å². The average molecular weight is 394 g/mol. The monoisotopic (exact) mass is 393 g/mol. The van der Waals surface area contributed by atoms with E-state index < -0.39 is 0 Å². The van der Waals surface area contributed by atoms with Crippen LogP contribution in [0.25, 0.3) is 0 Å². The molecule has 142 valence electrons. The van der Waals surface area contributed by atoms with E-state index in [-0.39, 0.29) is 17.5 Å². The summed E-state index contributed by atoms with van der Waals surface area (Å²) < 4.78 is 0. The van der Waals surface area contributed by atoms with Crippen LogP contribution < -0.4 is 10.6 Å². The predicted octanol–water partition coefficient (Wildman–Crippen LogP) is 4.53. The summed E-state index contributed by atoms with van der Waals surface area (Å²) in [6, 6.07) is 16.1. The fourth-order valence-electron chi connectivity index (χ4n) is 2.74. The van der Waals surface area contributed by atoms with Gasteiger partial charge in [-0.2, -0.15) is 0 Å². The molecule has 0 aliphatic rings. The smallest absolute Gasteiger partial charge is 0.274 e. The Kier molecular flexibility index (Phi) is 6.06. The Morgan fingerprint density at radius 2 is 1.75 bits per heavy atom. The first-order valence-corrected chi connectivity index (χ1v) is 9.18. The van der Waals surface area contributed by atoms with Gasteiger partial charge in [-0.1, -0.05) is 35.9 Å². The molecular weight excluding hydrogens is 374 g/mol. The molecule has 2 N–H and O–H groups in total. The van der Waals surface area contributed by atoms with Crippen LogP contribution in [0.5, 0.6) is 0 Å². The number of pyridine rings is 1. The van der Waals surface area contributed by atoms with Gasteiger partial charge in [-0.25, -0.2) is 0 Å². The van der Waals surface area contributed by atoms with Crippen molar-refractivity contribution < 1.29 is 9.59 Å². The van der Waals surface area contributed by atoms with Crippen molar-refractivity contribution in [3.8, 4) is 0 Å². The average Bonchev–Trinajstić information content (AvgIpc) is 2.69. The fourth-order valence-corrected chi connectivity index (χ4v) is 2.96. The summed E-state index contributed by atoms with van der Waals surface area (Å²) in [5.74, 6) is -0.652. The van der Waals surface area contributed by atoms with Crippen LogP contribution >= 0.6 is 11.6 Å². The van der Waals surface area contributed by atoms with E-state index in [9.17, 15) is 9.59 Å². The Balaban J connectivity index is 1.69. The summed E-state index contributed by atoms with van der Waals surface area (Å²) in [5, 5.41) is 6.27. The Bertz CT molecular complexity index is 1030. The van der Waals surface area contributed by atoms with Crippen molar-refractivity contribution in [2.45, 2.75) is 20.4 Å². The lowest BCUT2D eigenvalue weighted by molar-refractivity contribution is 0.0950. The van der Waals surface area contributed by atoms with Crippen LogP contribution in [-0.4, -0.2) is 16.8 Å². The quantitative estimate of drug-likeness (QED) is 0.668. The van der Waals surface area contributed by atoms with Gasteiger partial charge >= 0.3 is 0 Å². The normalized spacial score (nSPS) is 10.4. The Morgan fingerprint density at radius 3 is 2.50 bits per heavy atom. The van der Waals surface area contributed by atoms with Crippen molar-refractivity contribution in [2.24, 2.45) is 0 Å². The van der Waals surface area contributed by atoms with E-state index in [1.165, 1.54) is 12.3 Å². The van der Waals surface area contributed by atoms with Gasteiger partial charge in [0, 0.05) is 29.0 Å². The van der Waals surface area contributed by atoms with Gasteiger partial charge in [-0.3, -0.25) is 14.6 Å². The molecule has 2 aromatic carbocycles. The maximum Gasteiger partial charge on any atom is 0.274 e. The summed E-state index contributed by atoms with van der Waals surface area (Å²) in [4.78, 5) is 29.1. The molecule has 0 fully saturated rings. The minimum absolute atomic E-state index is 0.165. The first-order chi connectivity index (χ1) is 13.4. The van der Waals surface area contributed by atoms with Crippen molar-refractivity contribution in [3.63, 3.8) is 0 Å². The molecule has 0 radical (unpaired) electrons. The third-order valence-corrected chi connectivity index (χ3v) is 4.63. The minimum Gasteiger partial charge on any atom is -0.348 e. The van der Waals surface area contributed by atoms with Gasteiger partial charge in [0.05, 0.1) is 0 Å². The van der Waals surface area contributed by atoms with Crippen LogP contribution in [0.3, 0.4) is 0 Å². The van der Waals surface area contributed by atoms with Crippen molar-refractivity contribution >= 4 is 29.1 Å². The zero-order chi connectivity index (χ0) is 20.1. The maximum atomic E-state index is 12.5. The zero-order valence-electron chi connectivity index (χ0n) is 15.6. The van der Waals surface area contributed by atoms with Gasteiger partial charge in [0.15, 0.2) is 0 Å². The molecule has 6 heteroatoms. The molecule has 0 aliphatic heterocycles. The van der Waals surface area contributed by atoms with Crippen LogP contribution in [0, 0.1) is 13.8 Å². The summed E-state index contributed by atoms with van der Waals surface area (Å²) >= 11 is 5.94. The number of hydrogen-bond acceptors (Lipinski definition) is 3. The molecule has 3 rings (SSSR count). The SMILES string of the molecule is Cc1ccccc1CNC(=O)c1ccnc(C(=O)Nc2ccc(Cl)cc2C)c1. The lowest BCUT2D eigenvalue weighted by Crippen LogP contribution is -2.24. The van der Waals surface area contributed by atoms with E-state index in [2.05, 4.69) is 15.6 Å². The maximum absolute atomic E-state index is 12.5. The summed E-state index contributed by atoms with van der Waals surface area (Å²) in [7, 11) is 0. The number of carbonyl (C=O) groups is 2. The first-order valence-electron chi connectivity index (χ1n) is 8.80. The van der Waals surface area contributed by atoms with Gasteiger partial charge in [0.25, 0.3) is 11.8 Å². The van der Waals surface area contributed by atoms with Crippen LogP contribution in [0.2, 0.25) is 5.02 Å². The Hall–Kier alpha value is -3.18. The predicted molar refractivity (Wildman–Crippen MR) is 111 cm³/mol. The highest BCUT2D eigenvalue weighted by Gasteiger charge is 2.13. The number of aryl methyl sites for hydroxylation is 2. The number of anilines is 1. The molecule has 0 spiro atoms. The van der Waals surface area contributed by atoms with E-state index in [1.807, 2.05) is 38.1 Å². The number of carbonyl (C=O) groups excluding carboxylic acids is 2. The van der Waals surface area contributed by atoms with E-state index in [1.54, 1.807) is 24.3 Å². The topological polar surface area (TPSA) is 71.1 Å². The lowest BCUT2D eigenvalue weighted by Gasteiger charge is -2.10. The molecule has 5 nitrogen and oxygen atoms in total. The molecule has 0 atom stereocenters. The van der Waals surface area contributed by atoms with Crippen molar-refractivity contribution in [1.82, 2.24) is 10.3 Å². The number of nitrogens with one attached hydrogen (secondary N) is 2. The van der Waals surface area contributed by atoms with Crippen molar-refractivity contribution in [1.29, 1.82) is 0 Å². The summed E-state index contributed by atoms with van der Waals surface area (Å²) in [5.41, 5.74) is 4.18. The number of nitrogens with zero attached hydrogens (tertiary/aromatic N) is 1. The molecule has 0 saturated carbocycles. The van der Waals surface area contributed by atoms with Crippen molar-refractivity contribution in [3.05, 3.63) is 93.8 Å². The first kappa shape index (κ1) is 19.6. The van der Waals surface area contributed by atoms with Crippen LogP contribution in [0.15, 0.2) is 60.8 Å². The minimum atomic E-state index is -0.390. The number of aromatic nitrogens is 1. The van der Waals surface area contributed by atoms with Crippen LogP contribution in [-0.2, 0) is 6.54 Å². The van der Waals surface area contributed by atoms with Gasteiger partial charge in [0.2, 0.25) is 0 Å². The molecule has 0 saturated heterocycles. The van der Waals surface area contributed by atoms with Gasteiger partial charge in [-0.15, -0.1) is 0 Å². The second-order valence-corrected chi connectivity index (χ2v) is 6.89. The molecule has 0 aliphatic carbocycles. The van der Waals surface area contributed by atoms with E-state index in [4.69, 9.17) is 11.6 Å². The van der Waals surface area contributed by atoms with Gasteiger partial charge in [0.1, 0.15) is 5.69 Å². The van der Waals surface area contributed by atoms with Gasteiger partial charge < -0.3 is 10.6 Å². The van der Waals surface area contributed by atoms with Crippen molar-refractivity contribution in [2.75, 3.05) is 5.32 Å². The second-order valence-electron chi connectivity index (χ2n) is 6.45. The molecule has 28 heavy (non-hydrogen) atoms. The fraction of sp³-hybridized carbons (Fsp3) is 0.136. The van der Waals surface area contributed by atoms with E-state index in [0.717, 1.165) is 16.7 Å². The second kappa shape index (κ2) is 8.67. The number of hydrogen-bond donors (Lipinski definition) is 2. The molecule has 2 amide bonds. The molecule has 1 aromatic heterocycles. The zero-order valence-corrected chi connectivity index (χ0v) is 16.4. The third kappa shape index (κ3) is 4.75. The number of rotatable bonds is 5. The molecular formula is C22H20ClN3O2. The molecule has 3 aromatic rings. The summed E-state index contributed by atoms with van der Waals surface area (Å²) in [6.07, 6.45) is 1.45. The highest BCUT2D eigenvalue weighted by Crippen LogP contribution is 2.20. The van der Waals surface area contributed by atoms with Gasteiger partial charge in [-0.05, 0) is 60.9 Å². The molecule has 1 heterocycles. The molecule has 0 bridgehead atoms. The summed E-state index contributed by atoms with van der Waals surface area (Å²) in [6.45, 7) is 4.26.